The topological polar surface area (TPSA) is 119 Å². The van der Waals surface area contributed by atoms with Crippen LogP contribution in [-0.2, 0) is 4.74 Å². The van der Waals surface area contributed by atoms with Crippen LogP contribution in [0.25, 0.3) is 0 Å². The molecule has 0 aliphatic heterocycles. The minimum absolute atomic E-state index is 0.238. The fraction of sp³-hybridized carbons (Fsp3) is 0.429. The van der Waals surface area contributed by atoms with Crippen molar-refractivity contribution < 1.29 is 24.4 Å². The van der Waals surface area contributed by atoms with Gasteiger partial charge in [0.2, 0.25) is 0 Å². The van der Waals surface area contributed by atoms with Crippen LogP contribution in [0.2, 0.25) is 0 Å². The predicted octanol–water partition coefficient (Wildman–Crippen LogP) is 2.40. The Kier molecular flexibility index (Phi) is 5.08. The van der Waals surface area contributed by atoms with Crippen LogP contribution < -0.4 is 5.32 Å². The molecule has 8 heteroatoms. The van der Waals surface area contributed by atoms with Gasteiger partial charge in [0.25, 0.3) is 5.69 Å². The Balaban J connectivity index is 2.89. The van der Waals surface area contributed by atoms with Crippen molar-refractivity contribution in [3.8, 4) is 5.75 Å². The number of hydrogen-bond donors (Lipinski definition) is 2. The van der Waals surface area contributed by atoms with Crippen LogP contribution in [0.5, 0.6) is 5.75 Å². The molecule has 1 amide bonds. The number of ketones is 1. The first-order valence-corrected chi connectivity index (χ1v) is 6.52. The van der Waals surface area contributed by atoms with Gasteiger partial charge in [-0.3, -0.25) is 14.9 Å². The van der Waals surface area contributed by atoms with Gasteiger partial charge in [0.1, 0.15) is 11.4 Å². The molecule has 0 radical (unpaired) electrons. The monoisotopic (exact) mass is 310 g/mol. The number of nitrogens with zero attached hydrogens (tertiary/aromatic N) is 1. The third-order valence-corrected chi connectivity index (χ3v) is 2.58. The van der Waals surface area contributed by atoms with Crippen LogP contribution in [0.1, 0.15) is 38.1 Å². The van der Waals surface area contributed by atoms with Gasteiger partial charge >= 0.3 is 6.09 Å². The Morgan fingerprint density at radius 3 is 2.45 bits per heavy atom. The van der Waals surface area contributed by atoms with Gasteiger partial charge < -0.3 is 15.2 Å². The van der Waals surface area contributed by atoms with E-state index in [9.17, 15) is 24.8 Å². The molecule has 1 aromatic carbocycles. The number of rotatable bonds is 4. The molecule has 22 heavy (non-hydrogen) atoms. The fourth-order valence-electron chi connectivity index (χ4n) is 1.62. The Morgan fingerprint density at radius 2 is 1.95 bits per heavy atom. The summed E-state index contributed by atoms with van der Waals surface area (Å²) in [7, 11) is 0. The number of hydrogen-bond acceptors (Lipinski definition) is 6. The Bertz CT molecular complexity index is 606. The lowest BCUT2D eigenvalue weighted by Crippen LogP contribution is -2.41. The van der Waals surface area contributed by atoms with Crippen LogP contribution in [-0.4, -0.2) is 33.5 Å². The maximum absolute atomic E-state index is 12.2. The first-order chi connectivity index (χ1) is 10.0. The molecule has 0 aliphatic carbocycles. The number of Topliss-reactive ketones (excluding diaryl/α,β-unsaturated/α-hetero) is 1. The van der Waals surface area contributed by atoms with Crippen LogP contribution in [0.15, 0.2) is 18.2 Å². The maximum atomic E-state index is 12.2. The standard InChI is InChI=1S/C14H18N2O6/c1-8(15-13(19)22-14(2,3)4)12(18)10-7-9(16(20)21)5-6-11(10)17/h5-8,17H,1-4H3,(H,15,19)/t8-/m0/s1. The molecule has 0 unspecified atom stereocenters. The average Bonchev–Trinajstić information content (AvgIpc) is 2.35. The third-order valence-electron chi connectivity index (χ3n) is 2.58. The summed E-state index contributed by atoms with van der Waals surface area (Å²) in [6.45, 7) is 6.41. The summed E-state index contributed by atoms with van der Waals surface area (Å²) in [4.78, 5) is 33.8. The number of nitro groups is 1. The molecule has 120 valence electrons. The van der Waals surface area contributed by atoms with E-state index in [2.05, 4.69) is 5.32 Å². The number of benzene rings is 1. The van der Waals surface area contributed by atoms with E-state index in [4.69, 9.17) is 4.74 Å². The van der Waals surface area contributed by atoms with Crippen molar-refractivity contribution in [2.45, 2.75) is 39.3 Å². The minimum atomic E-state index is -1.01. The SMILES string of the molecule is C[C@H](NC(=O)OC(C)(C)C)C(=O)c1cc([N+](=O)[O-])ccc1O. The number of alkyl carbamates (subject to hydrolysis) is 1. The highest BCUT2D eigenvalue weighted by Crippen LogP contribution is 2.24. The minimum Gasteiger partial charge on any atom is -0.507 e. The summed E-state index contributed by atoms with van der Waals surface area (Å²) < 4.78 is 5.01. The number of aromatic hydroxyl groups is 1. The van der Waals surface area contributed by atoms with Gasteiger partial charge in [-0.05, 0) is 33.8 Å². The lowest BCUT2D eigenvalue weighted by molar-refractivity contribution is -0.384. The normalized spacial score (nSPS) is 12.4. The lowest BCUT2D eigenvalue weighted by atomic mass is 10.0. The number of nitrogens with one attached hydrogen (secondary N) is 1. The van der Waals surface area contributed by atoms with E-state index in [1.807, 2.05) is 0 Å². The van der Waals surface area contributed by atoms with Gasteiger partial charge in [0, 0.05) is 12.1 Å². The largest absolute Gasteiger partial charge is 0.507 e. The van der Waals surface area contributed by atoms with Crippen LogP contribution in [0.4, 0.5) is 10.5 Å². The molecule has 0 saturated heterocycles. The number of amides is 1. The van der Waals surface area contributed by atoms with E-state index in [0.717, 1.165) is 18.2 Å². The smallest absolute Gasteiger partial charge is 0.408 e. The number of phenolic OH excluding ortho intramolecular Hbond substituents is 1. The number of non-ortho nitro benzene ring substituents is 1. The second-order valence-corrected chi connectivity index (χ2v) is 5.69. The summed E-state index contributed by atoms with van der Waals surface area (Å²) in [5.41, 5.74) is -1.29. The number of ether oxygens (including phenoxy) is 1. The number of carbonyl (C=O) groups excluding carboxylic acids is 2. The molecular formula is C14H18N2O6. The average molecular weight is 310 g/mol. The molecule has 0 fully saturated rings. The molecule has 0 aliphatic rings. The number of carbonyl (C=O) groups is 2. The van der Waals surface area contributed by atoms with Crippen LogP contribution >= 0.6 is 0 Å². The first-order valence-electron chi connectivity index (χ1n) is 6.52. The van der Waals surface area contributed by atoms with E-state index < -0.39 is 34.2 Å². The van der Waals surface area contributed by atoms with Gasteiger partial charge in [-0.15, -0.1) is 0 Å². The Hall–Kier alpha value is -2.64. The van der Waals surface area contributed by atoms with Gasteiger partial charge in [-0.1, -0.05) is 0 Å². The van der Waals surface area contributed by atoms with Gasteiger partial charge in [-0.25, -0.2) is 4.79 Å². The molecule has 1 atom stereocenters. The van der Waals surface area contributed by atoms with Crippen LogP contribution in [0.3, 0.4) is 0 Å². The highest BCUT2D eigenvalue weighted by atomic mass is 16.6. The van der Waals surface area contributed by atoms with Crippen molar-refractivity contribution in [3.63, 3.8) is 0 Å². The van der Waals surface area contributed by atoms with Crippen molar-refractivity contribution in [2.75, 3.05) is 0 Å². The third kappa shape index (κ3) is 4.72. The zero-order valence-electron chi connectivity index (χ0n) is 12.7. The van der Waals surface area contributed by atoms with E-state index in [0.29, 0.717) is 0 Å². The Morgan fingerprint density at radius 1 is 1.36 bits per heavy atom. The molecule has 8 nitrogen and oxygen atoms in total. The zero-order chi connectivity index (χ0) is 17.1. The summed E-state index contributed by atoms with van der Waals surface area (Å²) in [6.07, 6.45) is -0.793. The second-order valence-electron chi connectivity index (χ2n) is 5.69. The highest BCUT2D eigenvalue weighted by Gasteiger charge is 2.25. The maximum Gasteiger partial charge on any atom is 0.408 e. The van der Waals surface area contributed by atoms with Gasteiger partial charge in [0.15, 0.2) is 5.78 Å². The molecule has 2 N–H and O–H groups in total. The second kappa shape index (κ2) is 6.42. The van der Waals surface area contributed by atoms with Crippen molar-refractivity contribution in [1.29, 1.82) is 0 Å². The van der Waals surface area contributed by atoms with Crippen LogP contribution in [0, 0.1) is 10.1 Å². The van der Waals surface area contributed by atoms with E-state index in [-0.39, 0.29) is 11.3 Å². The van der Waals surface area contributed by atoms with Gasteiger partial charge in [0.05, 0.1) is 16.5 Å². The molecule has 1 aromatic rings. The van der Waals surface area contributed by atoms with E-state index in [1.54, 1.807) is 20.8 Å². The summed E-state index contributed by atoms with van der Waals surface area (Å²) in [5.74, 6) is -1.06. The zero-order valence-corrected chi connectivity index (χ0v) is 12.7. The molecule has 0 spiro atoms. The molecule has 0 heterocycles. The lowest BCUT2D eigenvalue weighted by Gasteiger charge is -2.21. The molecular weight excluding hydrogens is 292 g/mol. The molecule has 0 aromatic heterocycles. The predicted molar refractivity (Wildman–Crippen MR) is 77.9 cm³/mol. The van der Waals surface area contributed by atoms with E-state index >= 15 is 0 Å². The van der Waals surface area contributed by atoms with Crippen molar-refractivity contribution in [1.82, 2.24) is 5.32 Å². The molecule has 1 rings (SSSR count). The summed E-state index contributed by atoms with van der Waals surface area (Å²) in [6, 6.07) is 2.09. The fourth-order valence-corrected chi connectivity index (χ4v) is 1.62. The van der Waals surface area contributed by atoms with Gasteiger partial charge in [-0.2, -0.15) is 0 Å². The number of nitro benzene ring substituents is 1. The van der Waals surface area contributed by atoms with Crippen molar-refractivity contribution in [2.24, 2.45) is 0 Å². The molecule has 0 bridgehead atoms. The molecule has 0 saturated carbocycles. The van der Waals surface area contributed by atoms with E-state index in [1.165, 1.54) is 6.92 Å². The number of phenols is 1. The van der Waals surface area contributed by atoms with Crippen molar-refractivity contribution >= 4 is 17.6 Å². The quantitative estimate of drug-likeness (QED) is 0.500. The Labute approximate surface area is 127 Å². The van der Waals surface area contributed by atoms with Crippen molar-refractivity contribution in [3.05, 3.63) is 33.9 Å². The summed E-state index contributed by atoms with van der Waals surface area (Å²) in [5, 5.41) is 22.7. The summed E-state index contributed by atoms with van der Waals surface area (Å²) >= 11 is 0. The highest BCUT2D eigenvalue weighted by molar-refractivity contribution is 6.03. The first kappa shape index (κ1) is 17.4.